The molecule has 1 aromatic carbocycles. The average molecular weight is 339 g/mol. The standard InChI is InChI=1S/C14H14INO/c1-10-6-7-11(16-9-10)8-14(17)12-4-2-3-5-13(12)15/h2-7,9,14,17H,8H2,1H3. The fraction of sp³-hybridized carbons (Fsp3) is 0.214. The molecule has 3 heteroatoms. The second kappa shape index (κ2) is 5.60. The first kappa shape index (κ1) is 12.5. The number of hydrogen-bond acceptors (Lipinski definition) is 2. The van der Waals surface area contributed by atoms with E-state index in [4.69, 9.17) is 0 Å². The summed E-state index contributed by atoms with van der Waals surface area (Å²) in [5, 5.41) is 10.2. The molecule has 0 radical (unpaired) electrons. The molecule has 0 saturated carbocycles. The van der Waals surface area contributed by atoms with Crippen molar-refractivity contribution in [2.75, 3.05) is 0 Å². The summed E-state index contributed by atoms with van der Waals surface area (Å²) in [6.07, 6.45) is 1.90. The van der Waals surface area contributed by atoms with Crippen LogP contribution in [0.2, 0.25) is 0 Å². The summed E-state index contributed by atoms with van der Waals surface area (Å²) >= 11 is 2.24. The Morgan fingerprint density at radius 1 is 1.24 bits per heavy atom. The van der Waals surface area contributed by atoms with Crippen LogP contribution in [0.1, 0.15) is 22.9 Å². The van der Waals surface area contributed by atoms with Crippen molar-refractivity contribution in [3.63, 3.8) is 0 Å². The zero-order valence-corrected chi connectivity index (χ0v) is 11.8. The highest BCUT2D eigenvalue weighted by molar-refractivity contribution is 14.1. The van der Waals surface area contributed by atoms with Gasteiger partial charge in [0.1, 0.15) is 0 Å². The highest BCUT2D eigenvalue weighted by atomic mass is 127. The molecule has 0 saturated heterocycles. The number of aliphatic hydroxyl groups is 1. The zero-order chi connectivity index (χ0) is 12.3. The Balaban J connectivity index is 2.14. The van der Waals surface area contributed by atoms with Gasteiger partial charge in [-0.05, 0) is 52.8 Å². The summed E-state index contributed by atoms with van der Waals surface area (Å²) in [5.41, 5.74) is 3.02. The molecule has 0 aliphatic carbocycles. The van der Waals surface area contributed by atoms with Crippen LogP contribution in [-0.4, -0.2) is 10.1 Å². The number of pyridine rings is 1. The molecule has 1 atom stereocenters. The first-order valence-electron chi connectivity index (χ1n) is 5.51. The van der Waals surface area contributed by atoms with Gasteiger partial charge in [0, 0.05) is 21.9 Å². The van der Waals surface area contributed by atoms with Crippen molar-refractivity contribution in [1.29, 1.82) is 0 Å². The molecule has 1 N–H and O–H groups in total. The van der Waals surface area contributed by atoms with E-state index in [-0.39, 0.29) is 0 Å². The highest BCUT2D eigenvalue weighted by Crippen LogP contribution is 2.22. The van der Waals surface area contributed by atoms with Crippen LogP contribution in [0, 0.1) is 10.5 Å². The molecule has 0 aliphatic rings. The third-order valence-corrected chi connectivity index (χ3v) is 3.62. The summed E-state index contributed by atoms with van der Waals surface area (Å²) in [6, 6.07) is 11.9. The molecule has 0 aliphatic heterocycles. The fourth-order valence-corrected chi connectivity index (χ4v) is 2.42. The van der Waals surface area contributed by atoms with Gasteiger partial charge in [-0.1, -0.05) is 24.3 Å². The van der Waals surface area contributed by atoms with Gasteiger partial charge in [-0.3, -0.25) is 4.98 Å². The Morgan fingerprint density at radius 2 is 2.00 bits per heavy atom. The van der Waals surface area contributed by atoms with E-state index in [9.17, 15) is 5.11 Å². The second-order valence-corrected chi connectivity index (χ2v) is 5.23. The number of benzene rings is 1. The summed E-state index contributed by atoms with van der Waals surface area (Å²) < 4.78 is 1.09. The third kappa shape index (κ3) is 3.26. The van der Waals surface area contributed by atoms with Gasteiger partial charge in [-0.2, -0.15) is 0 Å². The van der Waals surface area contributed by atoms with E-state index in [0.29, 0.717) is 6.42 Å². The molecular formula is C14H14INO. The Hall–Kier alpha value is -0.940. The summed E-state index contributed by atoms with van der Waals surface area (Å²) in [4.78, 5) is 4.31. The van der Waals surface area contributed by atoms with E-state index in [1.807, 2.05) is 49.5 Å². The lowest BCUT2D eigenvalue weighted by atomic mass is 10.0. The molecule has 1 heterocycles. The van der Waals surface area contributed by atoms with Crippen LogP contribution < -0.4 is 0 Å². The van der Waals surface area contributed by atoms with Crippen LogP contribution in [-0.2, 0) is 6.42 Å². The first-order valence-corrected chi connectivity index (χ1v) is 6.58. The van der Waals surface area contributed by atoms with Gasteiger partial charge in [-0.15, -0.1) is 0 Å². The Kier molecular flexibility index (Phi) is 4.12. The van der Waals surface area contributed by atoms with Gasteiger partial charge in [0.15, 0.2) is 0 Å². The Morgan fingerprint density at radius 3 is 2.65 bits per heavy atom. The minimum atomic E-state index is -0.488. The molecule has 2 aromatic rings. The lowest BCUT2D eigenvalue weighted by Gasteiger charge is -2.12. The van der Waals surface area contributed by atoms with E-state index >= 15 is 0 Å². The molecule has 0 bridgehead atoms. The quantitative estimate of drug-likeness (QED) is 0.871. The summed E-state index contributed by atoms with van der Waals surface area (Å²) in [6.45, 7) is 2.01. The van der Waals surface area contributed by atoms with E-state index < -0.39 is 6.10 Å². The topological polar surface area (TPSA) is 33.1 Å². The van der Waals surface area contributed by atoms with Gasteiger partial charge < -0.3 is 5.11 Å². The SMILES string of the molecule is Cc1ccc(CC(O)c2ccccc2I)nc1. The van der Waals surface area contributed by atoms with E-state index in [1.165, 1.54) is 0 Å². The second-order valence-electron chi connectivity index (χ2n) is 4.07. The lowest BCUT2D eigenvalue weighted by Crippen LogP contribution is -2.05. The van der Waals surface area contributed by atoms with Crippen LogP contribution >= 0.6 is 22.6 Å². The lowest BCUT2D eigenvalue weighted by molar-refractivity contribution is 0.176. The Bertz CT molecular complexity index is 496. The molecule has 2 nitrogen and oxygen atoms in total. The van der Waals surface area contributed by atoms with E-state index in [0.717, 1.165) is 20.4 Å². The molecular weight excluding hydrogens is 325 g/mol. The summed E-state index contributed by atoms with van der Waals surface area (Å²) in [7, 11) is 0. The first-order chi connectivity index (χ1) is 8.16. The molecule has 0 amide bonds. The fourth-order valence-electron chi connectivity index (χ4n) is 1.67. The summed E-state index contributed by atoms with van der Waals surface area (Å²) in [5.74, 6) is 0. The van der Waals surface area contributed by atoms with Gasteiger partial charge >= 0.3 is 0 Å². The maximum Gasteiger partial charge on any atom is 0.0855 e. The van der Waals surface area contributed by atoms with Crippen molar-refractivity contribution in [2.24, 2.45) is 0 Å². The number of aryl methyl sites for hydroxylation is 1. The van der Waals surface area contributed by atoms with Crippen LogP contribution in [0.25, 0.3) is 0 Å². The van der Waals surface area contributed by atoms with Crippen molar-refractivity contribution in [3.05, 3.63) is 63.0 Å². The maximum absolute atomic E-state index is 10.2. The van der Waals surface area contributed by atoms with Crippen LogP contribution in [0.3, 0.4) is 0 Å². The number of rotatable bonds is 3. The van der Waals surface area contributed by atoms with Gasteiger partial charge in [0.05, 0.1) is 6.10 Å². The van der Waals surface area contributed by atoms with E-state index in [1.54, 1.807) is 0 Å². The third-order valence-electron chi connectivity index (χ3n) is 2.64. The van der Waals surface area contributed by atoms with Crippen molar-refractivity contribution in [3.8, 4) is 0 Å². The largest absolute Gasteiger partial charge is 0.388 e. The van der Waals surface area contributed by atoms with Crippen LogP contribution in [0.5, 0.6) is 0 Å². The maximum atomic E-state index is 10.2. The number of aliphatic hydroxyl groups excluding tert-OH is 1. The van der Waals surface area contributed by atoms with Crippen molar-refractivity contribution in [2.45, 2.75) is 19.4 Å². The predicted octanol–water partition coefficient (Wildman–Crippen LogP) is 3.27. The Labute approximate surface area is 115 Å². The number of hydrogen-bond donors (Lipinski definition) is 1. The smallest absolute Gasteiger partial charge is 0.0855 e. The molecule has 0 spiro atoms. The van der Waals surface area contributed by atoms with Gasteiger partial charge in [0.2, 0.25) is 0 Å². The highest BCUT2D eigenvalue weighted by Gasteiger charge is 2.11. The minimum absolute atomic E-state index is 0.488. The molecule has 2 rings (SSSR count). The van der Waals surface area contributed by atoms with Crippen LogP contribution in [0.4, 0.5) is 0 Å². The van der Waals surface area contributed by atoms with Crippen molar-refractivity contribution < 1.29 is 5.11 Å². The normalized spacial score (nSPS) is 12.4. The average Bonchev–Trinajstić information content (AvgIpc) is 2.32. The number of halogens is 1. The van der Waals surface area contributed by atoms with Gasteiger partial charge in [-0.25, -0.2) is 0 Å². The van der Waals surface area contributed by atoms with Gasteiger partial charge in [0.25, 0.3) is 0 Å². The van der Waals surface area contributed by atoms with Crippen molar-refractivity contribution >= 4 is 22.6 Å². The number of nitrogens with zero attached hydrogens (tertiary/aromatic N) is 1. The molecule has 88 valence electrons. The van der Waals surface area contributed by atoms with E-state index in [2.05, 4.69) is 27.6 Å². The molecule has 0 fully saturated rings. The zero-order valence-electron chi connectivity index (χ0n) is 9.60. The minimum Gasteiger partial charge on any atom is -0.388 e. The molecule has 1 unspecified atom stereocenters. The van der Waals surface area contributed by atoms with Crippen LogP contribution in [0.15, 0.2) is 42.6 Å². The predicted molar refractivity (Wildman–Crippen MR) is 76.8 cm³/mol. The van der Waals surface area contributed by atoms with Crippen molar-refractivity contribution in [1.82, 2.24) is 4.98 Å². The monoisotopic (exact) mass is 339 g/mol. The molecule has 1 aromatic heterocycles. The molecule has 17 heavy (non-hydrogen) atoms. The number of aromatic nitrogens is 1.